The van der Waals surface area contributed by atoms with Gasteiger partial charge in [-0.05, 0) is 72.1 Å². The number of ether oxygens (including phenoxy) is 2. The molecule has 0 fully saturated rings. The number of likely N-dealkylation sites (N-methyl/N-ethyl adjacent to an activating group) is 1. The number of hydrogen-bond acceptors (Lipinski definition) is 4. The van der Waals surface area contributed by atoms with Gasteiger partial charge >= 0.3 is 5.97 Å². The number of carbonyl (C=O) groups excluding carboxylic acids is 1. The molecular formula is C30H35NO3. The minimum atomic E-state index is -0.236. The highest BCUT2D eigenvalue weighted by molar-refractivity contribution is 5.98. The van der Waals surface area contributed by atoms with Gasteiger partial charge in [-0.1, -0.05) is 75.4 Å². The fourth-order valence-corrected chi connectivity index (χ4v) is 3.88. The molecule has 4 heteroatoms. The van der Waals surface area contributed by atoms with Crippen molar-refractivity contribution in [1.29, 1.82) is 0 Å². The van der Waals surface area contributed by atoms with Crippen molar-refractivity contribution in [2.75, 3.05) is 26.2 Å². The molecule has 34 heavy (non-hydrogen) atoms. The summed E-state index contributed by atoms with van der Waals surface area (Å²) in [6.07, 6.45) is 0.351. The minimum Gasteiger partial charge on any atom is -0.492 e. The molecule has 0 aliphatic rings. The second kappa shape index (κ2) is 12.8. The molecule has 178 valence electrons. The summed E-state index contributed by atoms with van der Waals surface area (Å²) >= 11 is 0. The number of carbonyl (C=O) groups is 1. The Morgan fingerprint density at radius 1 is 0.735 bits per heavy atom. The molecule has 0 bridgehead atoms. The van der Waals surface area contributed by atoms with Gasteiger partial charge in [0.25, 0.3) is 0 Å². The molecule has 0 amide bonds. The van der Waals surface area contributed by atoms with Crippen LogP contribution in [0, 0.1) is 0 Å². The molecule has 0 spiro atoms. The van der Waals surface area contributed by atoms with Gasteiger partial charge in [-0.3, -0.25) is 4.79 Å². The van der Waals surface area contributed by atoms with Crippen molar-refractivity contribution >= 4 is 17.1 Å². The van der Waals surface area contributed by atoms with Crippen LogP contribution >= 0.6 is 0 Å². The van der Waals surface area contributed by atoms with Crippen LogP contribution in [0.25, 0.3) is 11.1 Å². The van der Waals surface area contributed by atoms with Crippen LogP contribution in [-0.4, -0.2) is 37.1 Å². The lowest BCUT2D eigenvalue weighted by Gasteiger charge is -2.18. The Morgan fingerprint density at radius 3 is 1.82 bits per heavy atom. The van der Waals surface area contributed by atoms with Crippen LogP contribution in [0.2, 0.25) is 0 Å². The lowest BCUT2D eigenvalue weighted by atomic mass is 9.90. The Hall–Kier alpha value is -3.37. The second-order valence-electron chi connectivity index (χ2n) is 8.12. The standard InChI is InChI=1S/C30H35NO3/c1-5-29(32)34-28-19-15-26(16-20-28)30(23(4)24-11-9-8-10-12-24)25-13-17-27(18-14-25)33-22-21-31(6-2)7-3/h8-20H,5-7,21-22H2,1-4H3/b30-23+. The van der Waals surface area contributed by atoms with Crippen molar-refractivity contribution in [3.05, 3.63) is 95.6 Å². The number of allylic oxidation sites excluding steroid dienone is 1. The number of nitrogens with zero attached hydrogens (tertiary/aromatic N) is 1. The van der Waals surface area contributed by atoms with Gasteiger partial charge in [0, 0.05) is 13.0 Å². The van der Waals surface area contributed by atoms with Crippen molar-refractivity contribution in [3.8, 4) is 11.5 Å². The summed E-state index contributed by atoms with van der Waals surface area (Å²) in [6, 6.07) is 26.4. The summed E-state index contributed by atoms with van der Waals surface area (Å²) in [7, 11) is 0. The summed E-state index contributed by atoms with van der Waals surface area (Å²) in [6.45, 7) is 11.9. The largest absolute Gasteiger partial charge is 0.492 e. The zero-order chi connectivity index (χ0) is 24.3. The SMILES string of the molecule is CCC(=O)Oc1ccc(/C(=C(\C)c2ccccc2)c2ccc(OCCN(CC)CC)cc2)cc1. The average Bonchev–Trinajstić information content (AvgIpc) is 2.89. The molecule has 0 saturated heterocycles. The van der Waals surface area contributed by atoms with E-state index in [1.807, 2.05) is 42.5 Å². The zero-order valence-corrected chi connectivity index (χ0v) is 20.7. The van der Waals surface area contributed by atoms with E-state index in [2.05, 4.69) is 62.1 Å². The summed E-state index contributed by atoms with van der Waals surface area (Å²) < 4.78 is 11.3. The summed E-state index contributed by atoms with van der Waals surface area (Å²) in [4.78, 5) is 14.0. The first-order chi connectivity index (χ1) is 16.5. The fraction of sp³-hybridized carbons (Fsp3) is 0.300. The van der Waals surface area contributed by atoms with Crippen LogP contribution in [0.4, 0.5) is 0 Å². The van der Waals surface area contributed by atoms with Crippen LogP contribution in [0.15, 0.2) is 78.9 Å². The Bertz CT molecular complexity index is 1070. The van der Waals surface area contributed by atoms with E-state index in [-0.39, 0.29) is 5.97 Å². The van der Waals surface area contributed by atoms with E-state index in [0.29, 0.717) is 18.8 Å². The third-order valence-electron chi connectivity index (χ3n) is 5.96. The monoisotopic (exact) mass is 457 g/mol. The van der Waals surface area contributed by atoms with Crippen molar-refractivity contribution in [3.63, 3.8) is 0 Å². The number of benzene rings is 3. The number of rotatable bonds is 11. The third-order valence-corrected chi connectivity index (χ3v) is 5.96. The maximum atomic E-state index is 11.6. The first-order valence-corrected chi connectivity index (χ1v) is 12.1. The fourth-order valence-electron chi connectivity index (χ4n) is 3.88. The maximum absolute atomic E-state index is 11.6. The summed E-state index contributed by atoms with van der Waals surface area (Å²) in [5.41, 5.74) is 5.64. The average molecular weight is 458 g/mol. The molecule has 0 radical (unpaired) electrons. The van der Waals surface area contributed by atoms with Crippen LogP contribution in [0.5, 0.6) is 11.5 Å². The molecule has 0 aromatic heterocycles. The van der Waals surface area contributed by atoms with Gasteiger partial charge in [0.1, 0.15) is 18.1 Å². The normalized spacial score (nSPS) is 11.8. The second-order valence-corrected chi connectivity index (χ2v) is 8.12. The van der Waals surface area contributed by atoms with E-state index in [1.165, 1.54) is 11.1 Å². The first kappa shape index (κ1) is 25.3. The molecule has 0 unspecified atom stereocenters. The molecular weight excluding hydrogens is 422 g/mol. The van der Waals surface area contributed by atoms with Crippen LogP contribution in [-0.2, 0) is 4.79 Å². The van der Waals surface area contributed by atoms with E-state index in [9.17, 15) is 4.79 Å². The number of hydrogen-bond donors (Lipinski definition) is 0. The van der Waals surface area contributed by atoms with E-state index in [1.54, 1.807) is 6.92 Å². The van der Waals surface area contributed by atoms with Gasteiger partial charge in [0.2, 0.25) is 0 Å². The van der Waals surface area contributed by atoms with Crippen molar-refractivity contribution in [1.82, 2.24) is 4.90 Å². The molecule has 0 saturated carbocycles. The van der Waals surface area contributed by atoms with Gasteiger partial charge in [-0.25, -0.2) is 0 Å². The van der Waals surface area contributed by atoms with E-state index in [0.717, 1.165) is 42.1 Å². The predicted octanol–water partition coefficient (Wildman–Crippen LogP) is 6.70. The molecule has 3 aromatic carbocycles. The quantitative estimate of drug-likeness (QED) is 0.182. The zero-order valence-electron chi connectivity index (χ0n) is 20.7. The maximum Gasteiger partial charge on any atom is 0.310 e. The van der Waals surface area contributed by atoms with Crippen molar-refractivity contribution < 1.29 is 14.3 Å². The Kier molecular flexibility index (Phi) is 9.48. The van der Waals surface area contributed by atoms with E-state index >= 15 is 0 Å². The van der Waals surface area contributed by atoms with Gasteiger partial charge in [0.05, 0.1) is 0 Å². The van der Waals surface area contributed by atoms with Gasteiger partial charge in [-0.15, -0.1) is 0 Å². The molecule has 0 aliphatic carbocycles. The third kappa shape index (κ3) is 6.82. The van der Waals surface area contributed by atoms with Gasteiger partial charge in [-0.2, -0.15) is 0 Å². The highest BCUT2D eigenvalue weighted by Gasteiger charge is 2.12. The molecule has 0 heterocycles. The Morgan fingerprint density at radius 2 is 1.29 bits per heavy atom. The highest BCUT2D eigenvalue weighted by Crippen LogP contribution is 2.33. The first-order valence-electron chi connectivity index (χ1n) is 12.1. The number of esters is 1. The van der Waals surface area contributed by atoms with Gasteiger partial charge in [0.15, 0.2) is 0 Å². The summed E-state index contributed by atoms with van der Waals surface area (Å²) in [5.74, 6) is 1.19. The van der Waals surface area contributed by atoms with Crippen LogP contribution in [0.1, 0.15) is 50.8 Å². The van der Waals surface area contributed by atoms with E-state index < -0.39 is 0 Å². The molecule has 0 atom stereocenters. The minimum absolute atomic E-state index is 0.236. The molecule has 0 aliphatic heterocycles. The van der Waals surface area contributed by atoms with E-state index in [4.69, 9.17) is 9.47 Å². The summed E-state index contributed by atoms with van der Waals surface area (Å²) in [5, 5.41) is 0. The van der Waals surface area contributed by atoms with Crippen molar-refractivity contribution in [2.45, 2.75) is 34.1 Å². The molecule has 3 aromatic rings. The smallest absolute Gasteiger partial charge is 0.310 e. The predicted molar refractivity (Wildman–Crippen MR) is 140 cm³/mol. The lowest BCUT2D eigenvalue weighted by Crippen LogP contribution is -2.27. The molecule has 0 N–H and O–H groups in total. The molecule has 3 rings (SSSR count). The lowest BCUT2D eigenvalue weighted by molar-refractivity contribution is -0.134. The van der Waals surface area contributed by atoms with Gasteiger partial charge < -0.3 is 14.4 Å². The van der Waals surface area contributed by atoms with Crippen LogP contribution < -0.4 is 9.47 Å². The van der Waals surface area contributed by atoms with Crippen LogP contribution in [0.3, 0.4) is 0 Å². The van der Waals surface area contributed by atoms with Crippen molar-refractivity contribution in [2.24, 2.45) is 0 Å². The Labute approximate surface area is 203 Å². The topological polar surface area (TPSA) is 38.8 Å². The molecule has 4 nitrogen and oxygen atoms in total. The highest BCUT2D eigenvalue weighted by atomic mass is 16.5. The Balaban J connectivity index is 1.89.